The first kappa shape index (κ1) is 26.2. The number of carbonyl (C=O) groups is 2. The van der Waals surface area contributed by atoms with Gasteiger partial charge in [-0.05, 0) is 51.1 Å². The highest BCUT2D eigenvalue weighted by molar-refractivity contribution is 6.02. The molecule has 10 nitrogen and oxygen atoms in total. The summed E-state index contributed by atoms with van der Waals surface area (Å²) in [6.07, 6.45) is 0.997. The lowest BCUT2D eigenvalue weighted by molar-refractivity contribution is 0.0598. The van der Waals surface area contributed by atoms with E-state index in [0.29, 0.717) is 28.4 Å². The zero-order valence-electron chi connectivity index (χ0n) is 21.7. The van der Waals surface area contributed by atoms with E-state index >= 15 is 0 Å². The molecule has 0 atom stereocenters. The van der Waals surface area contributed by atoms with E-state index in [1.165, 1.54) is 14.2 Å². The molecule has 10 heteroatoms. The van der Waals surface area contributed by atoms with Crippen molar-refractivity contribution >= 4 is 40.2 Å². The number of aromatic nitrogens is 2. The predicted octanol–water partition coefficient (Wildman–Crippen LogP) is 6.31. The fourth-order valence-electron chi connectivity index (χ4n) is 3.63. The number of methoxy groups -OCH3 is 2. The molecule has 38 heavy (non-hydrogen) atoms. The van der Waals surface area contributed by atoms with Crippen molar-refractivity contribution in [2.75, 3.05) is 24.9 Å². The zero-order chi connectivity index (χ0) is 27.3. The number of anilines is 3. The van der Waals surface area contributed by atoms with Crippen molar-refractivity contribution in [1.29, 1.82) is 0 Å². The smallest absolute Gasteiger partial charge is 0.412 e. The molecule has 0 aliphatic carbocycles. The average Bonchev–Trinajstić information content (AvgIpc) is 2.89. The van der Waals surface area contributed by atoms with Crippen molar-refractivity contribution in [3.8, 4) is 17.4 Å². The van der Waals surface area contributed by atoms with Crippen molar-refractivity contribution in [1.82, 2.24) is 9.97 Å². The minimum Gasteiger partial charge on any atom is -0.495 e. The molecule has 0 spiro atoms. The zero-order valence-corrected chi connectivity index (χ0v) is 21.7. The first-order valence-corrected chi connectivity index (χ1v) is 11.7. The molecule has 3 aromatic carbocycles. The Bertz CT molecular complexity index is 1480. The Morgan fingerprint density at radius 3 is 2.32 bits per heavy atom. The van der Waals surface area contributed by atoms with Crippen molar-refractivity contribution in [2.45, 2.75) is 26.4 Å². The van der Waals surface area contributed by atoms with Crippen LogP contribution >= 0.6 is 0 Å². The summed E-state index contributed by atoms with van der Waals surface area (Å²) in [6.45, 7) is 5.41. The summed E-state index contributed by atoms with van der Waals surface area (Å²) in [6, 6.07) is 17.4. The van der Waals surface area contributed by atoms with Gasteiger partial charge < -0.3 is 24.3 Å². The van der Waals surface area contributed by atoms with Crippen molar-refractivity contribution in [3.63, 3.8) is 0 Å². The van der Waals surface area contributed by atoms with Gasteiger partial charge in [0.25, 0.3) is 0 Å². The second-order valence-electron chi connectivity index (χ2n) is 9.14. The van der Waals surface area contributed by atoms with E-state index in [1.54, 1.807) is 63.4 Å². The van der Waals surface area contributed by atoms with E-state index in [1.807, 2.05) is 24.3 Å². The van der Waals surface area contributed by atoms with Crippen LogP contribution in [-0.2, 0) is 9.47 Å². The minimum absolute atomic E-state index is 0.232. The lowest BCUT2D eigenvalue weighted by atomic mass is 10.1. The van der Waals surface area contributed by atoms with E-state index in [4.69, 9.17) is 18.9 Å². The van der Waals surface area contributed by atoms with Crippen molar-refractivity contribution in [2.24, 2.45) is 0 Å². The maximum absolute atomic E-state index is 12.3. The monoisotopic (exact) mass is 516 g/mol. The van der Waals surface area contributed by atoms with E-state index in [2.05, 4.69) is 20.6 Å². The Hall–Kier alpha value is -4.86. The van der Waals surface area contributed by atoms with Crippen LogP contribution in [0.4, 0.5) is 22.1 Å². The highest BCUT2D eigenvalue weighted by atomic mass is 16.6. The Morgan fingerprint density at radius 2 is 1.61 bits per heavy atom. The van der Waals surface area contributed by atoms with Gasteiger partial charge in [0.2, 0.25) is 11.8 Å². The SMILES string of the molecule is COC(=O)c1ccc(OC)c(Nc2nccc(Oc3ccc(NC(=O)OC(C)(C)C)c4ccccc34)n2)c1. The summed E-state index contributed by atoms with van der Waals surface area (Å²) in [4.78, 5) is 33.0. The molecule has 0 unspecified atom stereocenters. The van der Waals surface area contributed by atoms with Gasteiger partial charge >= 0.3 is 12.1 Å². The van der Waals surface area contributed by atoms with Crippen LogP contribution in [0.3, 0.4) is 0 Å². The topological polar surface area (TPSA) is 121 Å². The third-order valence-corrected chi connectivity index (χ3v) is 5.23. The molecule has 1 amide bonds. The molecule has 1 heterocycles. The summed E-state index contributed by atoms with van der Waals surface area (Å²) in [7, 11) is 2.83. The standard InChI is InChI=1S/C28H28N4O6/c1-28(2,3)38-27(34)31-20-11-13-22(19-9-7-6-8-18(19)20)37-24-14-15-29-26(32-24)30-21-16-17(25(33)36-5)10-12-23(21)35-4/h6-16H,1-5H3,(H,31,34)(H,29,30,32). The molecule has 4 rings (SSSR count). The van der Waals surface area contributed by atoms with Crippen LogP contribution in [0.5, 0.6) is 17.4 Å². The van der Waals surface area contributed by atoms with E-state index in [-0.39, 0.29) is 11.8 Å². The maximum atomic E-state index is 12.3. The van der Waals surface area contributed by atoms with Gasteiger partial charge in [-0.2, -0.15) is 4.98 Å². The third kappa shape index (κ3) is 6.28. The van der Waals surface area contributed by atoms with E-state index < -0.39 is 17.7 Å². The second-order valence-corrected chi connectivity index (χ2v) is 9.14. The van der Waals surface area contributed by atoms with Gasteiger partial charge in [-0.25, -0.2) is 14.6 Å². The minimum atomic E-state index is -0.619. The number of carbonyl (C=O) groups excluding carboxylic acids is 2. The molecule has 0 aliphatic heterocycles. The molecule has 0 saturated carbocycles. The number of benzene rings is 3. The quantitative estimate of drug-likeness (QED) is 0.272. The van der Waals surface area contributed by atoms with Crippen molar-refractivity contribution in [3.05, 3.63) is 72.4 Å². The first-order valence-electron chi connectivity index (χ1n) is 11.7. The fraction of sp³-hybridized carbons (Fsp3) is 0.214. The number of rotatable bonds is 7. The van der Waals surface area contributed by atoms with Crippen LogP contribution in [0.2, 0.25) is 0 Å². The van der Waals surface area contributed by atoms with Gasteiger partial charge in [-0.1, -0.05) is 24.3 Å². The summed E-state index contributed by atoms with van der Waals surface area (Å²) < 4.78 is 21.7. The normalized spacial score (nSPS) is 11.0. The average molecular weight is 517 g/mol. The lowest BCUT2D eigenvalue weighted by Crippen LogP contribution is -2.27. The maximum Gasteiger partial charge on any atom is 0.412 e. The van der Waals surface area contributed by atoms with Gasteiger partial charge in [0.15, 0.2) is 0 Å². The molecular formula is C28H28N4O6. The number of nitrogens with zero attached hydrogens (tertiary/aromatic N) is 2. The first-order chi connectivity index (χ1) is 18.2. The van der Waals surface area contributed by atoms with Gasteiger partial charge in [0, 0.05) is 23.0 Å². The largest absolute Gasteiger partial charge is 0.495 e. The number of hydrogen-bond acceptors (Lipinski definition) is 9. The molecule has 196 valence electrons. The number of amides is 1. The Balaban J connectivity index is 1.59. The van der Waals surface area contributed by atoms with Crippen LogP contribution in [0.25, 0.3) is 10.8 Å². The molecule has 4 aromatic rings. The van der Waals surface area contributed by atoms with Crippen LogP contribution in [0.15, 0.2) is 66.9 Å². The highest BCUT2D eigenvalue weighted by Gasteiger charge is 2.18. The van der Waals surface area contributed by atoms with Gasteiger partial charge in [0.05, 0.1) is 31.2 Å². The van der Waals surface area contributed by atoms with Crippen LogP contribution in [0, 0.1) is 0 Å². The van der Waals surface area contributed by atoms with Gasteiger partial charge in [-0.15, -0.1) is 0 Å². The number of fused-ring (bicyclic) bond motifs is 1. The van der Waals surface area contributed by atoms with Crippen molar-refractivity contribution < 1.29 is 28.5 Å². The fourth-order valence-corrected chi connectivity index (χ4v) is 3.63. The second kappa shape index (κ2) is 11.0. The summed E-state index contributed by atoms with van der Waals surface area (Å²) in [5.41, 5.74) is 0.793. The lowest BCUT2D eigenvalue weighted by Gasteiger charge is -2.20. The van der Waals surface area contributed by atoms with Crippen LogP contribution < -0.4 is 20.1 Å². The van der Waals surface area contributed by atoms with Crippen LogP contribution in [-0.4, -0.2) is 41.9 Å². The summed E-state index contributed by atoms with van der Waals surface area (Å²) in [5, 5.41) is 7.39. The molecule has 0 saturated heterocycles. The molecular weight excluding hydrogens is 488 g/mol. The Kier molecular flexibility index (Phi) is 7.61. The molecule has 0 bridgehead atoms. The molecule has 2 N–H and O–H groups in total. The molecule has 1 aromatic heterocycles. The number of ether oxygens (including phenoxy) is 4. The summed E-state index contributed by atoms with van der Waals surface area (Å²) >= 11 is 0. The number of hydrogen-bond donors (Lipinski definition) is 2. The number of esters is 1. The third-order valence-electron chi connectivity index (χ3n) is 5.23. The Labute approximate surface area is 219 Å². The molecule has 0 aliphatic rings. The Morgan fingerprint density at radius 1 is 0.868 bits per heavy atom. The molecule has 0 fully saturated rings. The van der Waals surface area contributed by atoms with Crippen LogP contribution in [0.1, 0.15) is 31.1 Å². The van der Waals surface area contributed by atoms with Gasteiger partial charge in [0.1, 0.15) is 17.1 Å². The van der Waals surface area contributed by atoms with E-state index in [9.17, 15) is 9.59 Å². The molecule has 0 radical (unpaired) electrons. The number of nitrogens with one attached hydrogen (secondary N) is 2. The highest BCUT2D eigenvalue weighted by Crippen LogP contribution is 2.35. The predicted molar refractivity (Wildman–Crippen MR) is 144 cm³/mol. The van der Waals surface area contributed by atoms with E-state index in [0.717, 1.165) is 10.8 Å². The van der Waals surface area contributed by atoms with Gasteiger partial charge in [-0.3, -0.25) is 5.32 Å². The summed E-state index contributed by atoms with van der Waals surface area (Å²) in [5.74, 6) is 1.06.